The van der Waals surface area contributed by atoms with Crippen molar-refractivity contribution in [2.75, 3.05) is 13.1 Å². The smallest absolute Gasteiger partial charge is 0.0348 e. The molecular formula is C18H29N. The molecule has 0 aromatic heterocycles. The number of likely N-dealkylation sites (tertiary alicyclic amines) is 1. The minimum atomic E-state index is 0.665. The topological polar surface area (TPSA) is 3.24 Å². The van der Waals surface area contributed by atoms with E-state index in [-0.39, 0.29) is 0 Å². The lowest BCUT2D eigenvalue weighted by molar-refractivity contribution is 0.153. The van der Waals surface area contributed by atoms with E-state index >= 15 is 0 Å². The molecule has 19 heavy (non-hydrogen) atoms. The van der Waals surface area contributed by atoms with Gasteiger partial charge < -0.3 is 0 Å². The van der Waals surface area contributed by atoms with E-state index in [1.54, 1.807) is 0 Å². The number of unbranched alkanes of at least 4 members (excludes halogenated alkanes) is 3. The van der Waals surface area contributed by atoms with E-state index in [0.717, 1.165) is 0 Å². The van der Waals surface area contributed by atoms with Gasteiger partial charge in [0.1, 0.15) is 0 Å². The van der Waals surface area contributed by atoms with Gasteiger partial charge in [0.25, 0.3) is 0 Å². The minimum absolute atomic E-state index is 0.665. The van der Waals surface area contributed by atoms with E-state index in [2.05, 4.69) is 42.2 Å². The molecule has 0 radical (unpaired) electrons. The fourth-order valence-corrected chi connectivity index (χ4v) is 3.23. The first-order chi connectivity index (χ1) is 9.42. The summed E-state index contributed by atoms with van der Waals surface area (Å²) in [5.74, 6) is 0. The maximum absolute atomic E-state index is 2.73. The van der Waals surface area contributed by atoms with Crippen molar-refractivity contribution in [3.8, 4) is 0 Å². The number of rotatable bonds is 7. The minimum Gasteiger partial charge on any atom is -0.296 e. The largest absolute Gasteiger partial charge is 0.296 e. The van der Waals surface area contributed by atoms with Crippen LogP contribution in [0.15, 0.2) is 30.3 Å². The van der Waals surface area contributed by atoms with Crippen LogP contribution in [0.25, 0.3) is 0 Å². The molecule has 0 bridgehead atoms. The van der Waals surface area contributed by atoms with Gasteiger partial charge in [0.05, 0.1) is 0 Å². The Labute approximate surface area is 119 Å². The van der Waals surface area contributed by atoms with Crippen molar-refractivity contribution < 1.29 is 0 Å². The van der Waals surface area contributed by atoms with Crippen molar-refractivity contribution >= 4 is 0 Å². The highest BCUT2D eigenvalue weighted by atomic mass is 15.2. The lowest BCUT2D eigenvalue weighted by Crippen LogP contribution is -2.33. The van der Waals surface area contributed by atoms with Gasteiger partial charge in [-0.15, -0.1) is 0 Å². The average Bonchev–Trinajstić information content (AvgIpc) is 2.49. The summed E-state index contributed by atoms with van der Waals surface area (Å²) in [4.78, 5) is 2.73. The van der Waals surface area contributed by atoms with Crippen LogP contribution in [0.2, 0.25) is 0 Å². The normalized spacial score (nSPS) is 18.4. The molecule has 1 unspecified atom stereocenters. The number of benzene rings is 1. The van der Waals surface area contributed by atoms with Crippen LogP contribution >= 0.6 is 0 Å². The van der Waals surface area contributed by atoms with Crippen molar-refractivity contribution in [1.82, 2.24) is 4.90 Å². The van der Waals surface area contributed by atoms with Crippen molar-refractivity contribution in [3.63, 3.8) is 0 Å². The monoisotopic (exact) mass is 259 g/mol. The van der Waals surface area contributed by atoms with Gasteiger partial charge >= 0.3 is 0 Å². The summed E-state index contributed by atoms with van der Waals surface area (Å²) in [6, 6.07) is 11.8. The second-order valence-corrected chi connectivity index (χ2v) is 5.87. The van der Waals surface area contributed by atoms with Gasteiger partial charge in [0.15, 0.2) is 0 Å². The van der Waals surface area contributed by atoms with Crippen LogP contribution in [0, 0.1) is 0 Å². The van der Waals surface area contributed by atoms with Crippen LogP contribution in [0.5, 0.6) is 0 Å². The van der Waals surface area contributed by atoms with Crippen molar-refractivity contribution in [2.24, 2.45) is 0 Å². The van der Waals surface area contributed by atoms with Gasteiger partial charge in [-0.2, -0.15) is 0 Å². The van der Waals surface area contributed by atoms with Gasteiger partial charge in [0.2, 0.25) is 0 Å². The molecule has 0 N–H and O–H groups in total. The second kappa shape index (κ2) is 8.37. The van der Waals surface area contributed by atoms with E-state index in [4.69, 9.17) is 0 Å². The molecule has 1 heteroatoms. The Bertz CT molecular complexity index is 327. The molecule has 0 spiro atoms. The Morgan fingerprint density at radius 1 is 0.947 bits per heavy atom. The van der Waals surface area contributed by atoms with Gasteiger partial charge in [-0.05, 0) is 37.9 Å². The van der Waals surface area contributed by atoms with Crippen LogP contribution in [0.4, 0.5) is 0 Å². The summed E-state index contributed by atoms with van der Waals surface area (Å²) in [6.07, 6.45) is 11.0. The van der Waals surface area contributed by atoms with Gasteiger partial charge in [0, 0.05) is 6.04 Å². The molecule has 1 heterocycles. The molecule has 1 aliphatic heterocycles. The Kier molecular flexibility index (Phi) is 6.43. The summed E-state index contributed by atoms with van der Waals surface area (Å²) >= 11 is 0. The summed E-state index contributed by atoms with van der Waals surface area (Å²) in [7, 11) is 0. The predicted octanol–water partition coefficient (Wildman–Crippen LogP) is 5.18. The quantitative estimate of drug-likeness (QED) is 0.609. The molecule has 0 aliphatic carbocycles. The second-order valence-electron chi connectivity index (χ2n) is 5.87. The average molecular weight is 259 g/mol. The molecule has 1 aliphatic rings. The van der Waals surface area contributed by atoms with E-state index in [9.17, 15) is 0 Å². The summed E-state index contributed by atoms with van der Waals surface area (Å²) in [6.45, 7) is 4.89. The maximum Gasteiger partial charge on any atom is 0.0348 e. The number of hydrogen-bond acceptors (Lipinski definition) is 1. The third-order valence-corrected chi connectivity index (χ3v) is 4.35. The number of piperidine rings is 1. The molecule has 0 saturated carbocycles. The van der Waals surface area contributed by atoms with Crippen LogP contribution in [-0.4, -0.2) is 18.0 Å². The van der Waals surface area contributed by atoms with Crippen LogP contribution in [0.3, 0.4) is 0 Å². The molecule has 1 nitrogen and oxygen atoms in total. The summed E-state index contributed by atoms with van der Waals surface area (Å²) in [5, 5.41) is 0. The fourth-order valence-electron chi connectivity index (χ4n) is 3.23. The molecule has 0 amide bonds. The first kappa shape index (κ1) is 14.6. The Morgan fingerprint density at radius 2 is 1.68 bits per heavy atom. The Balaban J connectivity index is 1.96. The molecule has 1 saturated heterocycles. The zero-order valence-corrected chi connectivity index (χ0v) is 12.5. The predicted molar refractivity (Wildman–Crippen MR) is 83.4 cm³/mol. The molecule has 2 rings (SSSR count). The lowest BCUT2D eigenvalue weighted by Gasteiger charge is -2.35. The van der Waals surface area contributed by atoms with Crippen molar-refractivity contribution in [1.29, 1.82) is 0 Å². The molecule has 106 valence electrons. The molecule has 1 aromatic carbocycles. The van der Waals surface area contributed by atoms with Crippen LogP contribution in [0.1, 0.15) is 69.9 Å². The highest BCUT2D eigenvalue weighted by Crippen LogP contribution is 2.29. The zero-order chi connectivity index (χ0) is 13.3. The molecule has 1 aromatic rings. The van der Waals surface area contributed by atoms with Gasteiger partial charge in [-0.3, -0.25) is 4.90 Å². The third-order valence-electron chi connectivity index (χ3n) is 4.35. The highest BCUT2D eigenvalue weighted by molar-refractivity contribution is 5.19. The third kappa shape index (κ3) is 4.65. The summed E-state index contributed by atoms with van der Waals surface area (Å²) < 4.78 is 0. The van der Waals surface area contributed by atoms with Crippen molar-refractivity contribution in [3.05, 3.63) is 35.9 Å². The number of hydrogen-bond donors (Lipinski definition) is 0. The maximum atomic E-state index is 2.73. The molecule has 1 atom stereocenters. The van der Waals surface area contributed by atoms with E-state index in [0.29, 0.717) is 6.04 Å². The van der Waals surface area contributed by atoms with E-state index in [1.165, 1.54) is 70.0 Å². The standard InChI is InChI=1S/C18H29N/c1-2-3-4-9-14-18(17-12-7-5-8-13-17)19-15-10-6-11-16-19/h5,7-8,12-13,18H,2-4,6,9-11,14-16H2,1H3. The first-order valence-corrected chi connectivity index (χ1v) is 8.21. The van der Waals surface area contributed by atoms with Crippen LogP contribution in [-0.2, 0) is 0 Å². The van der Waals surface area contributed by atoms with E-state index in [1.807, 2.05) is 0 Å². The first-order valence-electron chi connectivity index (χ1n) is 8.21. The fraction of sp³-hybridized carbons (Fsp3) is 0.667. The lowest BCUT2D eigenvalue weighted by atomic mass is 9.96. The molecular weight excluding hydrogens is 230 g/mol. The molecule has 1 fully saturated rings. The van der Waals surface area contributed by atoms with Gasteiger partial charge in [-0.1, -0.05) is 69.4 Å². The Hall–Kier alpha value is -0.820. The Morgan fingerprint density at radius 3 is 2.37 bits per heavy atom. The van der Waals surface area contributed by atoms with Crippen LogP contribution < -0.4 is 0 Å². The van der Waals surface area contributed by atoms with Gasteiger partial charge in [-0.25, -0.2) is 0 Å². The SMILES string of the molecule is CCCCCCC(c1ccccc1)N1CCCCC1. The number of nitrogens with zero attached hydrogens (tertiary/aromatic N) is 1. The van der Waals surface area contributed by atoms with Crippen molar-refractivity contribution in [2.45, 2.75) is 64.3 Å². The summed E-state index contributed by atoms with van der Waals surface area (Å²) in [5.41, 5.74) is 1.53. The van der Waals surface area contributed by atoms with E-state index < -0.39 is 0 Å². The zero-order valence-electron chi connectivity index (χ0n) is 12.5. The highest BCUT2D eigenvalue weighted by Gasteiger charge is 2.21.